The van der Waals surface area contributed by atoms with Gasteiger partial charge in [0.05, 0.1) is 19.2 Å². The van der Waals surface area contributed by atoms with E-state index in [4.69, 9.17) is 4.74 Å². The van der Waals surface area contributed by atoms with Crippen LogP contribution in [0, 0.1) is 5.92 Å². The summed E-state index contributed by atoms with van der Waals surface area (Å²) in [5, 5.41) is 0. The number of esters is 1. The van der Waals surface area contributed by atoms with Crippen LogP contribution in [-0.2, 0) is 32.5 Å². The van der Waals surface area contributed by atoms with Gasteiger partial charge in [0.2, 0.25) is 5.91 Å². The van der Waals surface area contributed by atoms with Gasteiger partial charge >= 0.3 is 5.97 Å². The molecule has 1 aromatic heterocycles. The average Bonchev–Trinajstić information content (AvgIpc) is 3.33. The first-order valence-electron chi connectivity index (χ1n) is 9.45. The summed E-state index contributed by atoms with van der Waals surface area (Å²) in [6, 6.07) is 0. The Kier molecular flexibility index (Phi) is 6.26. The summed E-state index contributed by atoms with van der Waals surface area (Å²) < 4.78 is 32.6. The van der Waals surface area contributed by atoms with Gasteiger partial charge in [-0.3, -0.25) is 4.79 Å². The normalized spacial score (nSPS) is 18.1. The largest absolute Gasteiger partial charge is 0.465 e. The van der Waals surface area contributed by atoms with E-state index in [9.17, 15) is 18.0 Å². The molecular formula is C19H26N2O5S2. The summed E-state index contributed by atoms with van der Waals surface area (Å²) in [7, 11) is -2.49. The quantitative estimate of drug-likeness (QED) is 0.533. The average molecular weight is 427 g/mol. The highest BCUT2D eigenvalue weighted by Gasteiger charge is 2.38. The maximum atomic E-state index is 13.1. The second-order valence-electron chi connectivity index (χ2n) is 7.38. The van der Waals surface area contributed by atoms with Crippen LogP contribution in [0.5, 0.6) is 0 Å². The molecule has 28 heavy (non-hydrogen) atoms. The fourth-order valence-corrected chi connectivity index (χ4v) is 7.04. The van der Waals surface area contributed by atoms with Crippen LogP contribution in [0.15, 0.2) is 16.4 Å². The Hall–Kier alpha value is -1.71. The first kappa shape index (κ1) is 21.0. The number of hydrogen-bond donors (Lipinski definition) is 0. The molecule has 0 aromatic carbocycles. The van der Waals surface area contributed by atoms with Crippen molar-refractivity contribution in [2.45, 2.75) is 43.9 Å². The Balaban J connectivity index is 1.97. The fourth-order valence-electron chi connectivity index (χ4n) is 3.48. The molecule has 1 aromatic rings. The Morgan fingerprint density at radius 1 is 1.18 bits per heavy atom. The molecule has 3 heterocycles. The third kappa shape index (κ3) is 4.01. The number of sulfonamides is 1. The van der Waals surface area contributed by atoms with Gasteiger partial charge in [-0.1, -0.05) is 19.9 Å². The van der Waals surface area contributed by atoms with E-state index in [1.165, 1.54) is 11.4 Å². The predicted octanol–water partition coefficient (Wildman–Crippen LogP) is 2.42. The molecule has 2 aliphatic rings. The van der Waals surface area contributed by atoms with Crippen molar-refractivity contribution in [3.05, 3.63) is 28.2 Å². The van der Waals surface area contributed by atoms with Crippen LogP contribution in [0.25, 0.3) is 0 Å². The van der Waals surface area contributed by atoms with E-state index >= 15 is 0 Å². The molecule has 154 valence electrons. The Morgan fingerprint density at radius 2 is 1.86 bits per heavy atom. The van der Waals surface area contributed by atoms with E-state index in [2.05, 4.69) is 0 Å². The van der Waals surface area contributed by atoms with Crippen LogP contribution in [0.4, 0.5) is 0 Å². The molecule has 7 nitrogen and oxygen atoms in total. The number of fused-ring (bicyclic) bond motifs is 1. The lowest BCUT2D eigenvalue weighted by Crippen LogP contribution is -2.34. The molecule has 9 heteroatoms. The zero-order chi connectivity index (χ0) is 20.5. The molecule has 0 radical (unpaired) electrons. The van der Waals surface area contributed by atoms with Crippen molar-refractivity contribution < 1.29 is 22.7 Å². The van der Waals surface area contributed by atoms with E-state index in [1.807, 2.05) is 19.9 Å². The van der Waals surface area contributed by atoms with Gasteiger partial charge < -0.3 is 9.64 Å². The highest BCUT2D eigenvalue weighted by molar-refractivity contribution is 7.91. The minimum absolute atomic E-state index is 0.0540. The molecule has 1 saturated heterocycles. The van der Waals surface area contributed by atoms with Crippen molar-refractivity contribution in [2.75, 3.05) is 26.7 Å². The van der Waals surface area contributed by atoms with Crippen LogP contribution in [0.1, 0.15) is 47.5 Å². The lowest BCUT2D eigenvalue weighted by atomic mass is 10.0. The number of allylic oxidation sites excluding steroid dienone is 1. The maximum absolute atomic E-state index is 13.1. The van der Waals surface area contributed by atoms with Crippen molar-refractivity contribution in [2.24, 2.45) is 5.92 Å². The number of rotatable bonds is 5. The molecule has 2 aliphatic heterocycles. The Bertz CT molecular complexity index is 896. The Morgan fingerprint density at radius 3 is 2.46 bits per heavy atom. The summed E-state index contributed by atoms with van der Waals surface area (Å²) in [4.78, 5) is 27.3. The van der Waals surface area contributed by atoms with Crippen molar-refractivity contribution in [3.63, 3.8) is 0 Å². The molecule has 0 N–H and O–H groups in total. The summed E-state index contributed by atoms with van der Waals surface area (Å²) >= 11 is 1.10. The molecule has 0 unspecified atom stereocenters. The summed E-state index contributed by atoms with van der Waals surface area (Å²) in [6.45, 7) is 5.68. The minimum Gasteiger partial charge on any atom is -0.465 e. The number of nitrogens with zero attached hydrogens (tertiary/aromatic N) is 2. The van der Waals surface area contributed by atoms with Crippen molar-refractivity contribution in [1.82, 2.24) is 9.21 Å². The maximum Gasteiger partial charge on any atom is 0.340 e. The number of amides is 1. The van der Waals surface area contributed by atoms with Gasteiger partial charge in [-0.25, -0.2) is 13.2 Å². The molecule has 1 fully saturated rings. The molecule has 3 rings (SSSR count). The van der Waals surface area contributed by atoms with E-state index < -0.39 is 16.0 Å². The zero-order valence-corrected chi connectivity index (χ0v) is 18.1. The number of carbonyl (C=O) groups excluding carboxylic acids is 2. The predicted molar refractivity (Wildman–Crippen MR) is 107 cm³/mol. The molecule has 0 atom stereocenters. The highest BCUT2D eigenvalue weighted by Crippen LogP contribution is 2.38. The number of carbonyl (C=O) groups is 2. The van der Waals surface area contributed by atoms with Crippen molar-refractivity contribution >= 4 is 33.2 Å². The standard InChI is InChI=1S/C19H26N2O5S2/c1-13(2)6-7-16(22)20-11-8-14-15(12-20)27-19(17(14)18(23)26-3)28(24,25)21-9-4-5-10-21/h6-7,13H,4-5,8-12H2,1-3H3/b7-6+. The summed E-state index contributed by atoms with van der Waals surface area (Å²) in [6.07, 6.45) is 5.49. The second-order valence-corrected chi connectivity index (χ2v) is 10.6. The van der Waals surface area contributed by atoms with Gasteiger partial charge in [-0.2, -0.15) is 4.31 Å². The van der Waals surface area contributed by atoms with Gasteiger partial charge in [0.15, 0.2) is 0 Å². The van der Waals surface area contributed by atoms with Crippen LogP contribution >= 0.6 is 11.3 Å². The van der Waals surface area contributed by atoms with Gasteiger partial charge in [-0.05, 0) is 36.8 Å². The van der Waals surface area contributed by atoms with Gasteiger partial charge in [-0.15, -0.1) is 11.3 Å². The minimum atomic E-state index is -3.74. The van der Waals surface area contributed by atoms with Crippen LogP contribution < -0.4 is 0 Å². The van der Waals surface area contributed by atoms with Gasteiger partial charge in [0, 0.05) is 24.5 Å². The van der Waals surface area contributed by atoms with E-state index in [-0.39, 0.29) is 21.6 Å². The smallest absolute Gasteiger partial charge is 0.340 e. The Labute approximate surface area is 170 Å². The lowest BCUT2D eigenvalue weighted by Gasteiger charge is -2.26. The first-order chi connectivity index (χ1) is 13.3. The first-order valence-corrected chi connectivity index (χ1v) is 11.7. The topological polar surface area (TPSA) is 84.0 Å². The highest BCUT2D eigenvalue weighted by atomic mass is 32.2. The SMILES string of the molecule is COC(=O)c1c(S(=O)(=O)N2CCCC2)sc2c1CCN(C(=O)/C=C/C(C)C)C2. The summed E-state index contributed by atoms with van der Waals surface area (Å²) in [5.41, 5.74) is 0.853. The fraction of sp³-hybridized carbons (Fsp3) is 0.579. The monoisotopic (exact) mass is 426 g/mol. The van der Waals surface area contributed by atoms with Crippen LogP contribution in [-0.4, -0.2) is 56.2 Å². The third-order valence-corrected chi connectivity index (χ3v) is 8.60. The molecule has 0 spiro atoms. The zero-order valence-electron chi connectivity index (χ0n) is 16.4. The number of hydrogen-bond acceptors (Lipinski definition) is 6. The molecule has 1 amide bonds. The third-order valence-electron chi connectivity index (χ3n) is 4.99. The molecular weight excluding hydrogens is 400 g/mol. The van der Waals surface area contributed by atoms with E-state index in [0.717, 1.165) is 29.1 Å². The van der Waals surface area contributed by atoms with Gasteiger partial charge in [0.1, 0.15) is 4.21 Å². The molecule has 0 bridgehead atoms. The van der Waals surface area contributed by atoms with E-state index in [0.29, 0.717) is 38.2 Å². The lowest BCUT2D eigenvalue weighted by molar-refractivity contribution is -0.126. The number of methoxy groups -OCH3 is 1. The van der Waals surface area contributed by atoms with E-state index in [1.54, 1.807) is 11.0 Å². The van der Waals surface area contributed by atoms with Gasteiger partial charge in [0.25, 0.3) is 10.0 Å². The second kappa shape index (κ2) is 8.34. The van der Waals surface area contributed by atoms with Crippen LogP contribution in [0.3, 0.4) is 0 Å². The number of thiophene rings is 1. The van der Waals surface area contributed by atoms with Crippen LogP contribution in [0.2, 0.25) is 0 Å². The number of ether oxygens (including phenoxy) is 1. The molecule has 0 aliphatic carbocycles. The summed E-state index contributed by atoms with van der Waals surface area (Å²) in [5.74, 6) is -0.458. The van der Waals surface area contributed by atoms with Crippen molar-refractivity contribution in [3.8, 4) is 0 Å². The molecule has 0 saturated carbocycles. The van der Waals surface area contributed by atoms with Crippen molar-refractivity contribution in [1.29, 1.82) is 0 Å².